The zero-order valence-corrected chi connectivity index (χ0v) is 44.9. The van der Waals surface area contributed by atoms with E-state index in [2.05, 4.69) is 89.2 Å². The third kappa shape index (κ3) is 23.1. The van der Waals surface area contributed by atoms with Crippen molar-refractivity contribution in [2.75, 3.05) is 0 Å². The predicted molar refractivity (Wildman–Crippen MR) is 286 cm³/mol. The van der Waals surface area contributed by atoms with Crippen LogP contribution in [-0.2, 0) is 48.6 Å². The van der Waals surface area contributed by atoms with Crippen LogP contribution in [0.5, 0.6) is 23.0 Å². The van der Waals surface area contributed by atoms with Crippen LogP contribution < -0.4 is 10.2 Å². The number of aliphatic imine (C=N–C) groups is 2. The molecule has 0 amide bonds. The molecule has 0 aromatic heterocycles. The fourth-order valence-corrected chi connectivity index (χ4v) is 8.20. The van der Waals surface area contributed by atoms with Gasteiger partial charge in [-0.05, 0) is 142 Å². The first-order valence-corrected chi connectivity index (χ1v) is 26.3. The van der Waals surface area contributed by atoms with E-state index in [-0.39, 0.29) is 27.6 Å². The molecule has 0 saturated heterocycles. The van der Waals surface area contributed by atoms with E-state index in [1.165, 1.54) is 136 Å². The molecule has 0 atom stereocenters. The van der Waals surface area contributed by atoms with Crippen molar-refractivity contribution in [2.45, 2.75) is 196 Å². The van der Waals surface area contributed by atoms with Crippen molar-refractivity contribution >= 4 is 34.7 Å². The fourth-order valence-electron chi connectivity index (χ4n) is 8.20. The van der Waals surface area contributed by atoms with Crippen LogP contribution in [0.3, 0.4) is 0 Å². The normalized spacial score (nSPS) is 11.4. The molecule has 4 aromatic rings. The number of benzene rings is 4. The van der Waals surface area contributed by atoms with Crippen molar-refractivity contribution in [2.24, 2.45) is 9.98 Å². The van der Waals surface area contributed by atoms with Crippen molar-refractivity contribution in [1.82, 2.24) is 0 Å². The molecule has 0 aliphatic heterocycles. The summed E-state index contributed by atoms with van der Waals surface area (Å²) >= 11 is 0. The first kappa shape index (κ1) is 63.6. The van der Waals surface area contributed by atoms with E-state index in [0.29, 0.717) is 24.0 Å². The van der Waals surface area contributed by atoms with Gasteiger partial charge in [0.1, 0.15) is 0 Å². The van der Waals surface area contributed by atoms with Crippen LogP contribution in [0, 0.1) is 0 Å². The van der Waals surface area contributed by atoms with E-state index >= 15 is 0 Å². The van der Waals surface area contributed by atoms with E-state index in [1.807, 2.05) is 0 Å². The number of carbonyl (C=O) groups excluding carboxylic acids is 2. The van der Waals surface area contributed by atoms with Crippen LogP contribution in [0.1, 0.15) is 213 Å². The summed E-state index contributed by atoms with van der Waals surface area (Å²) in [6.45, 7) is 14.9. The monoisotopic (exact) mass is 1020 g/mol. The number of nitrogens with zero attached hydrogens (tertiary/aromatic N) is 2. The standard InChI is InChI=1S/C42H66N2.2C9H10O4.Ni/c1-6-11-14-15-16-17-18-19-20-21-22-23-28-37-29-24-25-32-40(37)44-42(31-13-8-3)41(30-12-7-2)43-39-34-33-36(26-9-4)38(35-39)27-10-5;2*1-2-5-3-4-6(10)8(11)7(5)9(12)13;/h20-21,24-25,29,32-35H,6-19,22-23,26-28,30-31H2,1-5H3;2*3-4,10-11H,2H2,1H3,(H,12,13);/q;;;+2/p-2. The van der Waals surface area contributed by atoms with E-state index in [9.17, 15) is 30.0 Å². The number of para-hydroxylation sites is 1. The van der Waals surface area contributed by atoms with E-state index in [1.54, 1.807) is 13.8 Å². The molecule has 4 rings (SSSR count). The third-order valence-electron chi connectivity index (χ3n) is 12.2. The van der Waals surface area contributed by atoms with Crippen LogP contribution in [0.2, 0.25) is 0 Å². The first-order valence-electron chi connectivity index (χ1n) is 26.3. The van der Waals surface area contributed by atoms with Crippen molar-refractivity contribution < 1.29 is 56.7 Å². The number of phenolic OH excluding ortho intramolecular Hbond substituents is 2. The van der Waals surface area contributed by atoms with Gasteiger partial charge in [-0.3, -0.25) is 9.98 Å². The van der Waals surface area contributed by atoms with Gasteiger partial charge < -0.3 is 40.2 Å². The van der Waals surface area contributed by atoms with Crippen LogP contribution in [-0.4, -0.2) is 43.8 Å². The number of carbonyl (C=O) groups is 2. The molecule has 0 saturated carbocycles. The Morgan fingerprint density at radius 3 is 1.45 bits per heavy atom. The minimum Gasteiger partial charge on any atom is -0.545 e. The summed E-state index contributed by atoms with van der Waals surface area (Å²) in [5.74, 6) is -5.11. The van der Waals surface area contributed by atoms with Crippen molar-refractivity contribution in [3.05, 3.63) is 118 Å². The number of aryl methyl sites for hydroxylation is 5. The van der Waals surface area contributed by atoms with Crippen LogP contribution >= 0.6 is 0 Å². The summed E-state index contributed by atoms with van der Waals surface area (Å²) in [6.07, 6.45) is 31.3. The molecule has 392 valence electrons. The number of aromatic hydroxyl groups is 4. The molecular weight excluding hydrogens is 935 g/mol. The zero-order valence-electron chi connectivity index (χ0n) is 43.9. The molecule has 71 heavy (non-hydrogen) atoms. The van der Waals surface area contributed by atoms with Crippen molar-refractivity contribution in [3.63, 3.8) is 0 Å². The smallest absolute Gasteiger partial charge is 0.545 e. The Morgan fingerprint density at radius 1 is 0.479 bits per heavy atom. The fraction of sp³-hybridized carbons (Fsp3) is 0.500. The van der Waals surface area contributed by atoms with Gasteiger partial charge in [-0.25, -0.2) is 0 Å². The Bertz CT molecular complexity index is 2200. The maximum Gasteiger partial charge on any atom is 2.00 e. The Hall–Kier alpha value is -5.41. The number of rotatable bonds is 29. The molecule has 0 unspecified atom stereocenters. The van der Waals surface area contributed by atoms with Gasteiger partial charge in [0.05, 0.1) is 34.7 Å². The van der Waals surface area contributed by atoms with Gasteiger partial charge in [0.25, 0.3) is 0 Å². The summed E-state index contributed by atoms with van der Waals surface area (Å²) in [4.78, 5) is 31.9. The molecule has 0 heterocycles. The Labute approximate surface area is 436 Å². The average Bonchev–Trinajstić information content (AvgIpc) is 3.35. The number of unbranched alkanes of at least 4 members (excludes halogenated alkanes) is 10. The summed E-state index contributed by atoms with van der Waals surface area (Å²) in [5, 5.41) is 57.6. The second-order valence-electron chi connectivity index (χ2n) is 17.9. The predicted octanol–water partition coefficient (Wildman–Crippen LogP) is 13.9. The summed E-state index contributed by atoms with van der Waals surface area (Å²) in [5.41, 5.74) is 9.16. The van der Waals surface area contributed by atoms with Gasteiger partial charge in [0, 0.05) is 11.1 Å². The summed E-state index contributed by atoms with van der Waals surface area (Å²) in [6, 6.07) is 21.1. The molecule has 10 nitrogen and oxygen atoms in total. The maximum atomic E-state index is 10.6. The number of hydrogen-bond donors (Lipinski definition) is 4. The second kappa shape index (κ2) is 37.4. The summed E-state index contributed by atoms with van der Waals surface area (Å²) in [7, 11) is 0. The molecule has 0 aliphatic carbocycles. The molecule has 11 heteroatoms. The van der Waals surface area contributed by atoms with Gasteiger partial charge >= 0.3 is 16.5 Å². The topological polar surface area (TPSA) is 186 Å². The number of aromatic carboxylic acids is 2. The Morgan fingerprint density at radius 2 is 0.944 bits per heavy atom. The molecule has 0 radical (unpaired) electrons. The van der Waals surface area contributed by atoms with Crippen molar-refractivity contribution in [1.29, 1.82) is 0 Å². The van der Waals surface area contributed by atoms with Gasteiger partial charge in [0.2, 0.25) is 0 Å². The minimum atomic E-state index is -1.48. The van der Waals surface area contributed by atoms with E-state index < -0.39 is 34.9 Å². The van der Waals surface area contributed by atoms with Gasteiger partial charge in [0.15, 0.2) is 23.0 Å². The van der Waals surface area contributed by atoms with Gasteiger partial charge in [-0.2, -0.15) is 0 Å². The van der Waals surface area contributed by atoms with Gasteiger partial charge in [-0.1, -0.05) is 161 Å². The molecule has 0 bridgehead atoms. The SMILES string of the molecule is CCCCCCCCCC=CCCCc1ccccc1N=C(CCCC)C(CCCC)=Nc1ccc(CCC)c(CCC)c1.CCc1ccc(O)c(O)c1C(=O)[O-].CCc1ccc(O)c(O)c1C(=O)[O-].[Ni+2]. The molecule has 4 N–H and O–H groups in total. The third-order valence-corrected chi connectivity index (χ3v) is 12.2. The molecular formula is C60H84N2NiO8. The second-order valence-corrected chi connectivity index (χ2v) is 17.9. The quantitative estimate of drug-likeness (QED) is 0.0136. The van der Waals surface area contributed by atoms with Gasteiger partial charge in [-0.15, -0.1) is 0 Å². The molecule has 0 fully saturated rings. The van der Waals surface area contributed by atoms with Crippen LogP contribution in [0.4, 0.5) is 11.4 Å². The van der Waals surface area contributed by atoms with E-state index in [0.717, 1.165) is 62.7 Å². The summed E-state index contributed by atoms with van der Waals surface area (Å²) < 4.78 is 0. The molecule has 0 aliphatic rings. The number of carboxylic acid groups (broad SMARTS) is 2. The number of carboxylic acids is 2. The first-order chi connectivity index (χ1) is 33.8. The molecule has 4 aromatic carbocycles. The number of hydrogen-bond acceptors (Lipinski definition) is 10. The van der Waals surface area contributed by atoms with Crippen LogP contribution in [0.15, 0.2) is 88.9 Å². The number of allylic oxidation sites excluding steroid dienone is 2. The average molecular weight is 1020 g/mol. The maximum absolute atomic E-state index is 10.6. The number of phenols is 4. The Kier molecular flexibility index (Phi) is 33.5. The molecule has 0 spiro atoms. The minimum absolute atomic E-state index is 0. The zero-order chi connectivity index (χ0) is 51.7. The van der Waals surface area contributed by atoms with Crippen LogP contribution in [0.25, 0.3) is 0 Å². The van der Waals surface area contributed by atoms with Crippen molar-refractivity contribution in [3.8, 4) is 23.0 Å². The largest absolute Gasteiger partial charge is 2.00 e. The Balaban J connectivity index is 0.000000751. The van der Waals surface area contributed by atoms with E-state index in [4.69, 9.17) is 20.2 Å².